The minimum Gasteiger partial charge on any atom is -0.475 e. The van der Waals surface area contributed by atoms with E-state index in [2.05, 4.69) is 10.3 Å². The number of ether oxygens (including phenoxy) is 1. The first kappa shape index (κ1) is 14.6. The van der Waals surface area contributed by atoms with Gasteiger partial charge in [0.15, 0.2) is 17.5 Å². The Morgan fingerprint density at radius 3 is 2.67 bits per heavy atom. The lowest BCUT2D eigenvalue weighted by Gasteiger charge is -2.11. The molecule has 1 heterocycles. The number of nitrogens with zero attached hydrogens (tertiary/aromatic N) is 2. The van der Waals surface area contributed by atoms with Crippen LogP contribution in [0.25, 0.3) is 0 Å². The average Bonchev–Trinajstić information content (AvgIpc) is 2.29. The van der Waals surface area contributed by atoms with Crippen LogP contribution < -0.4 is 10.1 Å². The number of nitrogens with one attached hydrogen (secondary N) is 1. The maximum absolute atomic E-state index is 13.4. The molecule has 0 atom stereocenters. The molecule has 0 bridgehead atoms. The molecule has 18 heavy (non-hydrogen) atoms. The predicted octanol–water partition coefficient (Wildman–Crippen LogP) is 2.12. The van der Waals surface area contributed by atoms with Gasteiger partial charge in [0.25, 0.3) is 5.88 Å². The molecule has 0 radical (unpaired) electrons. The quantitative estimate of drug-likeness (QED) is 0.761. The van der Waals surface area contributed by atoms with Gasteiger partial charge < -0.3 is 15.0 Å². The highest BCUT2D eigenvalue weighted by atomic mass is 19.1. The van der Waals surface area contributed by atoms with Crippen LogP contribution in [0.3, 0.4) is 0 Å². The van der Waals surface area contributed by atoms with Crippen LogP contribution in [-0.4, -0.2) is 43.7 Å². The SMILES string of the molecule is CCNc1nc(OCCCN(C)C)c(F)cc1F. The van der Waals surface area contributed by atoms with Gasteiger partial charge in [-0.15, -0.1) is 0 Å². The molecule has 0 aliphatic heterocycles. The van der Waals surface area contributed by atoms with Crippen molar-refractivity contribution < 1.29 is 13.5 Å². The van der Waals surface area contributed by atoms with Crippen molar-refractivity contribution in [3.05, 3.63) is 17.7 Å². The van der Waals surface area contributed by atoms with E-state index in [1.165, 1.54) is 0 Å². The maximum atomic E-state index is 13.4. The van der Waals surface area contributed by atoms with Crippen LogP contribution in [0, 0.1) is 11.6 Å². The third-order valence-electron chi connectivity index (χ3n) is 2.23. The van der Waals surface area contributed by atoms with Crippen molar-refractivity contribution in [1.82, 2.24) is 9.88 Å². The summed E-state index contributed by atoms with van der Waals surface area (Å²) in [7, 11) is 3.89. The second kappa shape index (κ2) is 7.10. The standard InChI is InChI=1S/C12H19F2N3O/c1-4-15-11-9(13)8-10(14)12(16-11)18-7-5-6-17(2)3/h8H,4-7H2,1-3H3,(H,15,16). The first-order valence-electron chi connectivity index (χ1n) is 5.92. The molecule has 0 saturated heterocycles. The van der Waals surface area contributed by atoms with Crippen LogP contribution in [0.1, 0.15) is 13.3 Å². The van der Waals surface area contributed by atoms with Gasteiger partial charge in [-0.25, -0.2) is 8.78 Å². The van der Waals surface area contributed by atoms with Gasteiger partial charge in [-0.1, -0.05) is 0 Å². The minimum atomic E-state index is -0.779. The van der Waals surface area contributed by atoms with Gasteiger partial charge in [0, 0.05) is 19.2 Å². The van der Waals surface area contributed by atoms with E-state index in [-0.39, 0.29) is 11.7 Å². The van der Waals surface area contributed by atoms with Crippen LogP contribution in [0.2, 0.25) is 0 Å². The molecule has 1 rings (SSSR count). The van der Waals surface area contributed by atoms with Crippen molar-refractivity contribution in [3.63, 3.8) is 0 Å². The number of rotatable bonds is 7. The van der Waals surface area contributed by atoms with Crippen molar-refractivity contribution in [2.75, 3.05) is 39.1 Å². The summed E-state index contributed by atoms with van der Waals surface area (Å²) in [6, 6.07) is 0.784. The molecule has 0 aliphatic carbocycles. The van der Waals surface area contributed by atoms with Gasteiger partial charge in [0.2, 0.25) is 0 Å². The topological polar surface area (TPSA) is 37.4 Å². The Labute approximate surface area is 106 Å². The molecule has 0 unspecified atom stereocenters. The molecule has 1 aromatic rings. The van der Waals surface area contributed by atoms with Crippen LogP contribution >= 0.6 is 0 Å². The first-order chi connectivity index (χ1) is 8.54. The van der Waals surface area contributed by atoms with E-state index < -0.39 is 11.6 Å². The number of halogens is 2. The Bertz CT molecular complexity index is 386. The second-order valence-electron chi connectivity index (χ2n) is 4.14. The van der Waals surface area contributed by atoms with E-state index in [1.54, 1.807) is 0 Å². The fourth-order valence-electron chi connectivity index (χ4n) is 1.39. The Morgan fingerprint density at radius 1 is 1.33 bits per heavy atom. The van der Waals surface area contributed by atoms with Gasteiger partial charge in [-0.2, -0.15) is 4.98 Å². The van der Waals surface area contributed by atoms with Crippen molar-refractivity contribution in [3.8, 4) is 5.88 Å². The van der Waals surface area contributed by atoms with Crippen LogP contribution in [0.5, 0.6) is 5.88 Å². The number of hydrogen-bond acceptors (Lipinski definition) is 4. The molecule has 1 aromatic heterocycles. The summed E-state index contributed by atoms with van der Waals surface area (Å²) in [4.78, 5) is 5.78. The summed E-state index contributed by atoms with van der Waals surface area (Å²) in [6.45, 7) is 3.50. The molecule has 0 aromatic carbocycles. The number of anilines is 1. The van der Waals surface area contributed by atoms with E-state index >= 15 is 0 Å². The highest BCUT2D eigenvalue weighted by Crippen LogP contribution is 2.20. The summed E-state index contributed by atoms with van der Waals surface area (Å²) in [5, 5.41) is 2.71. The maximum Gasteiger partial charge on any atom is 0.252 e. The van der Waals surface area contributed by atoms with Crippen molar-refractivity contribution in [1.29, 1.82) is 0 Å². The third-order valence-corrected chi connectivity index (χ3v) is 2.23. The van der Waals surface area contributed by atoms with E-state index in [0.29, 0.717) is 13.2 Å². The van der Waals surface area contributed by atoms with Crippen molar-refractivity contribution >= 4 is 5.82 Å². The monoisotopic (exact) mass is 259 g/mol. The molecule has 0 saturated carbocycles. The Morgan fingerprint density at radius 2 is 2.06 bits per heavy atom. The lowest BCUT2D eigenvalue weighted by molar-refractivity contribution is 0.261. The molecule has 102 valence electrons. The largest absolute Gasteiger partial charge is 0.475 e. The summed E-state index contributed by atoms with van der Waals surface area (Å²) < 4.78 is 31.9. The van der Waals surface area contributed by atoms with E-state index in [0.717, 1.165) is 19.0 Å². The van der Waals surface area contributed by atoms with Gasteiger partial charge in [0.05, 0.1) is 6.61 Å². The lowest BCUT2D eigenvalue weighted by atomic mass is 10.4. The highest BCUT2D eigenvalue weighted by molar-refractivity contribution is 5.39. The van der Waals surface area contributed by atoms with E-state index in [4.69, 9.17) is 4.74 Å². The lowest BCUT2D eigenvalue weighted by Crippen LogP contribution is -2.16. The molecule has 6 heteroatoms. The molecule has 4 nitrogen and oxygen atoms in total. The molecular formula is C12H19F2N3O. The molecule has 0 fully saturated rings. The van der Waals surface area contributed by atoms with Gasteiger partial charge in [0.1, 0.15) is 0 Å². The number of pyridine rings is 1. The zero-order chi connectivity index (χ0) is 13.5. The Hall–Kier alpha value is -1.43. The first-order valence-corrected chi connectivity index (χ1v) is 5.92. The van der Waals surface area contributed by atoms with Gasteiger partial charge in [-0.3, -0.25) is 0 Å². The molecular weight excluding hydrogens is 240 g/mol. The van der Waals surface area contributed by atoms with E-state index in [1.807, 2.05) is 25.9 Å². The Kier molecular flexibility index (Phi) is 5.77. The van der Waals surface area contributed by atoms with Crippen LogP contribution in [0.4, 0.5) is 14.6 Å². The zero-order valence-electron chi connectivity index (χ0n) is 11.0. The fraction of sp³-hybridized carbons (Fsp3) is 0.583. The smallest absolute Gasteiger partial charge is 0.252 e. The molecule has 1 N–H and O–H groups in total. The summed E-state index contributed by atoms with van der Waals surface area (Å²) in [6.07, 6.45) is 0.752. The van der Waals surface area contributed by atoms with Crippen molar-refractivity contribution in [2.24, 2.45) is 0 Å². The summed E-state index contributed by atoms with van der Waals surface area (Å²) >= 11 is 0. The molecule has 0 amide bonds. The van der Waals surface area contributed by atoms with Crippen LogP contribution in [0.15, 0.2) is 6.07 Å². The zero-order valence-corrected chi connectivity index (χ0v) is 11.0. The molecule has 0 spiro atoms. The second-order valence-corrected chi connectivity index (χ2v) is 4.14. The fourth-order valence-corrected chi connectivity index (χ4v) is 1.39. The van der Waals surface area contributed by atoms with Crippen LogP contribution in [-0.2, 0) is 0 Å². The van der Waals surface area contributed by atoms with Crippen molar-refractivity contribution in [2.45, 2.75) is 13.3 Å². The number of aromatic nitrogens is 1. The predicted molar refractivity (Wildman–Crippen MR) is 67.0 cm³/mol. The highest BCUT2D eigenvalue weighted by Gasteiger charge is 2.12. The summed E-state index contributed by atoms with van der Waals surface area (Å²) in [5.74, 6) is -1.64. The Balaban J connectivity index is 2.61. The minimum absolute atomic E-state index is 0.0153. The summed E-state index contributed by atoms with van der Waals surface area (Å²) in [5.41, 5.74) is 0. The van der Waals surface area contributed by atoms with Gasteiger partial charge in [-0.05, 0) is 27.4 Å². The normalized spacial score (nSPS) is 10.8. The van der Waals surface area contributed by atoms with Gasteiger partial charge >= 0.3 is 0 Å². The third kappa shape index (κ3) is 4.44. The van der Waals surface area contributed by atoms with E-state index in [9.17, 15) is 8.78 Å². The average molecular weight is 259 g/mol. The number of hydrogen-bond donors (Lipinski definition) is 1. The molecule has 0 aliphatic rings.